The number of halogens is 3. The van der Waals surface area contributed by atoms with Gasteiger partial charge in [0.25, 0.3) is 0 Å². The number of hydrogen-bond acceptors (Lipinski definition) is 1. The van der Waals surface area contributed by atoms with Gasteiger partial charge in [-0.2, -0.15) is 0 Å². The van der Waals surface area contributed by atoms with E-state index >= 15 is 0 Å². The number of hydrogen-bond donors (Lipinski definition) is 2. The highest BCUT2D eigenvalue weighted by atomic mass is 35.5. The zero-order valence-corrected chi connectivity index (χ0v) is 23.6. The molecule has 0 atom stereocenters. The molecule has 0 saturated carbocycles. The lowest BCUT2D eigenvalue weighted by atomic mass is 10.0. The maximum atomic E-state index is 6.18. The van der Waals surface area contributed by atoms with Crippen molar-refractivity contribution in [1.82, 2.24) is 4.68 Å². The van der Waals surface area contributed by atoms with Crippen LogP contribution in [0.5, 0.6) is 0 Å². The van der Waals surface area contributed by atoms with Crippen molar-refractivity contribution in [3.8, 4) is 11.1 Å². The Kier molecular flexibility index (Phi) is 13.4. The van der Waals surface area contributed by atoms with E-state index in [1.54, 1.807) is 9.80 Å². The number of aromatic nitrogens is 1. The van der Waals surface area contributed by atoms with Crippen LogP contribution in [0.1, 0.15) is 33.3 Å². The van der Waals surface area contributed by atoms with E-state index in [9.17, 15) is 0 Å². The Bertz CT molecular complexity index is 963. The van der Waals surface area contributed by atoms with Crippen LogP contribution < -0.4 is 39.6 Å². The molecular weight excluding hydrogens is 487 g/mol. The van der Waals surface area contributed by atoms with Crippen molar-refractivity contribution >= 4 is 22.5 Å². The summed E-state index contributed by atoms with van der Waals surface area (Å²) in [4.78, 5) is 3.30. The summed E-state index contributed by atoms with van der Waals surface area (Å²) in [6.07, 6.45) is 2.34. The minimum Gasteiger partial charge on any atom is -1.00 e. The Balaban J connectivity index is 0.00000289. The van der Waals surface area contributed by atoms with Crippen LogP contribution in [0.4, 0.5) is 0 Å². The summed E-state index contributed by atoms with van der Waals surface area (Å²) >= 11 is 6.18. The molecule has 0 radical (unpaired) electrons. The predicted octanol–water partition coefficient (Wildman–Crippen LogP) is -2.93. The summed E-state index contributed by atoms with van der Waals surface area (Å²) in [5.74, 6) is 0. The predicted molar refractivity (Wildman–Crippen MR) is 139 cm³/mol. The Morgan fingerprint density at radius 1 is 0.794 bits per heavy atom. The number of benzene rings is 2. The number of nitrogens with one attached hydrogen (secondary N) is 2. The lowest BCUT2D eigenvalue weighted by molar-refractivity contribution is -0.896. The number of nitrogens with zero attached hydrogens (tertiary/aromatic N) is 2. The van der Waals surface area contributed by atoms with Crippen LogP contribution in [0.3, 0.4) is 0 Å². The molecule has 0 saturated heterocycles. The number of likely N-dealkylation sites (N-methyl/N-ethyl adjacent to an activating group) is 2. The van der Waals surface area contributed by atoms with Crippen LogP contribution in [-0.2, 0) is 0 Å². The monoisotopic (exact) mass is 526 g/mol. The first kappa shape index (κ1) is 30.6. The smallest absolute Gasteiger partial charge is 0.0965 e. The average Bonchev–Trinajstić information content (AvgIpc) is 3.17. The molecule has 2 aromatic carbocycles. The number of aryl methyl sites for hydroxylation is 1. The van der Waals surface area contributed by atoms with Gasteiger partial charge < -0.3 is 39.6 Å². The topological polar surface area (TPSA) is 17.1 Å². The van der Waals surface area contributed by atoms with Crippen molar-refractivity contribution in [3.05, 3.63) is 59.2 Å². The second-order valence-corrected chi connectivity index (χ2v) is 9.22. The summed E-state index contributed by atoms with van der Waals surface area (Å²) in [5.41, 5.74) is 5.06. The summed E-state index contributed by atoms with van der Waals surface area (Å²) in [5, 5.41) is 4.65. The summed E-state index contributed by atoms with van der Waals surface area (Å²) in [6.45, 7) is 20.4. The molecular formula is C27H41Cl3N4. The minimum atomic E-state index is 0. The fraction of sp³-hybridized carbons (Fsp3) is 0.481. The van der Waals surface area contributed by atoms with Crippen molar-refractivity contribution in [1.29, 1.82) is 0 Å². The second kappa shape index (κ2) is 14.9. The highest BCUT2D eigenvalue weighted by Crippen LogP contribution is 2.32. The standard InChI is InChI=1S/C27H39ClN4.2ClH/c1-6-29(7-2)16-18-31(19-17-30(8-3)9-4)32-21-26(23-11-13-24(28)14-12-23)25-20-22(5)10-15-27(25)32;;/h10-15,20-21H,6-9,16-19H2,1-5H3;2*1H. The van der Waals surface area contributed by atoms with E-state index in [2.05, 4.69) is 80.8 Å². The normalized spacial score (nSPS) is 11.1. The minimum absolute atomic E-state index is 0. The summed E-state index contributed by atoms with van der Waals surface area (Å²) in [7, 11) is 0. The summed E-state index contributed by atoms with van der Waals surface area (Å²) < 4.78 is 2.42. The first-order valence-corrected chi connectivity index (χ1v) is 12.7. The zero-order chi connectivity index (χ0) is 23.1. The third-order valence-electron chi connectivity index (χ3n) is 6.85. The van der Waals surface area contributed by atoms with Crippen LogP contribution in [0.25, 0.3) is 22.0 Å². The largest absolute Gasteiger partial charge is 1.00 e. The van der Waals surface area contributed by atoms with Crippen molar-refractivity contribution < 1.29 is 34.6 Å². The molecule has 3 rings (SSSR count). The molecule has 0 aliphatic carbocycles. The quantitative estimate of drug-likeness (QED) is 0.258. The number of rotatable bonds is 12. The van der Waals surface area contributed by atoms with Crippen molar-refractivity contribution in [2.75, 3.05) is 57.4 Å². The van der Waals surface area contributed by atoms with Gasteiger partial charge in [-0.15, -0.1) is 0 Å². The molecule has 4 nitrogen and oxygen atoms in total. The van der Waals surface area contributed by atoms with Crippen LogP contribution in [0, 0.1) is 6.92 Å². The van der Waals surface area contributed by atoms with Gasteiger partial charge in [0, 0.05) is 22.2 Å². The molecule has 1 aromatic heterocycles. The van der Waals surface area contributed by atoms with Gasteiger partial charge >= 0.3 is 0 Å². The zero-order valence-electron chi connectivity index (χ0n) is 21.3. The lowest BCUT2D eigenvalue weighted by Crippen LogP contribution is -3.12. The van der Waals surface area contributed by atoms with E-state index in [0.717, 1.165) is 31.2 Å². The van der Waals surface area contributed by atoms with E-state index < -0.39 is 0 Å². The molecule has 1 heterocycles. The highest BCUT2D eigenvalue weighted by molar-refractivity contribution is 6.30. The molecule has 0 spiro atoms. The van der Waals surface area contributed by atoms with E-state index in [1.165, 1.54) is 53.8 Å². The molecule has 0 unspecified atom stereocenters. The van der Waals surface area contributed by atoms with Crippen LogP contribution in [-0.4, -0.2) is 57.0 Å². The molecule has 7 heteroatoms. The van der Waals surface area contributed by atoms with Crippen molar-refractivity contribution in [3.63, 3.8) is 0 Å². The summed E-state index contributed by atoms with van der Waals surface area (Å²) in [6, 6.07) is 15.1. The number of fused-ring (bicyclic) bond motifs is 1. The molecule has 34 heavy (non-hydrogen) atoms. The van der Waals surface area contributed by atoms with Gasteiger partial charge in [-0.3, -0.25) is 4.68 Å². The number of quaternary nitrogens is 2. The molecule has 190 valence electrons. The second-order valence-electron chi connectivity index (χ2n) is 8.78. The third kappa shape index (κ3) is 7.53. The van der Waals surface area contributed by atoms with Crippen LogP contribution >= 0.6 is 11.6 Å². The molecule has 0 aliphatic rings. The van der Waals surface area contributed by atoms with Gasteiger partial charge in [0.2, 0.25) is 0 Å². The van der Waals surface area contributed by atoms with Gasteiger partial charge in [0.1, 0.15) is 0 Å². The fourth-order valence-corrected chi connectivity index (χ4v) is 4.65. The highest BCUT2D eigenvalue weighted by Gasteiger charge is 2.18. The van der Waals surface area contributed by atoms with Crippen molar-refractivity contribution in [2.45, 2.75) is 34.6 Å². The van der Waals surface area contributed by atoms with Gasteiger partial charge in [0.05, 0.1) is 57.9 Å². The van der Waals surface area contributed by atoms with Gasteiger partial charge in [-0.05, 0) is 64.4 Å². The maximum absolute atomic E-state index is 6.18. The SMILES string of the molecule is CC[NH+](CC)CCN(CC[NH+](CC)CC)n1cc(-c2ccc(Cl)cc2)c2cc(C)ccc21.[Cl-].[Cl-]. The van der Waals surface area contributed by atoms with Gasteiger partial charge in [-0.1, -0.05) is 35.4 Å². The Labute approximate surface area is 223 Å². The van der Waals surface area contributed by atoms with Gasteiger partial charge in [0.15, 0.2) is 0 Å². The van der Waals surface area contributed by atoms with Gasteiger partial charge in [-0.25, -0.2) is 0 Å². The molecule has 0 aliphatic heterocycles. The lowest BCUT2D eigenvalue weighted by Gasteiger charge is -2.29. The molecule has 0 amide bonds. The molecule has 0 bridgehead atoms. The molecule has 3 aromatic rings. The van der Waals surface area contributed by atoms with E-state index in [1.807, 2.05) is 12.1 Å². The third-order valence-corrected chi connectivity index (χ3v) is 7.10. The average molecular weight is 528 g/mol. The molecule has 0 fully saturated rings. The van der Waals surface area contributed by atoms with E-state index in [4.69, 9.17) is 11.6 Å². The Hall–Kier alpha value is -1.43. The van der Waals surface area contributed by atoms with Crippen molar-refractivity contribution in [2.24, 2.45) is 0 Å². The van der Waals surface area contributed by atoms with E-state index in [0.29, 0.717) is 0 Å². The van der Waals surface area contributed by atoms with Crippen LogP contribution in [0.2, 0.25) is 5.02 Å². The first-order chi connectivity index (χ1) is 15.5. The van der Waals surface area contributed by atoms with E-state index in [-0.39, 0.29) is 24.8 Å². The first-order valence-electron chi connectivity index (χ1n) is 12.3. The fourth-order valence-electron chi connectivity index (χ4n) is 4.53. The van der Waals surface area contributed by atoms with Crippen LogP contribution in [0.15, 0.2) is 48.7 Å². The Morgan fingerprint density at radius 2 is 1.32 bits per heavy atom. The Morgan fingerprint density at radius 3 is 1.82 bits per heavy atom. The molecule has 2 N–H and O–H groups in total. The maximum Gasteiger partial charge on any atom is 0.0965 e.